The van der Waals surface area contributed by atoms with Crippen LogP contribution in [0.3, 0.4) is 0 Å². The molecule has 0 saturated heterocycles. The van der Waals surface area contributed by atoms with Gasteiger partial charge < -0.3 is 24.8 Å². The van der Waals surface area contributed by atoms with Gasteiger partial charge in [-0.15, -0.1) is 0 Å². The molecule has 0 aliphatic heterocycles. The van der Waals surface area contributed by atoms with Crippen molar-refractivity contribution in [2.24, 2.45) is 0 Å². The maximum atomic E-state index is 3.57. The minimum Gasteiger partial charge on any atom is -1.00 e. The van der Waals surface area contributed by atoms with E-state index in [2.05, 4.69) is 99.9 Å². The Morgan fingerprint density at radius 1 is 0.861 bits per heavy atom. The molecule has 186 valence electrons. The third-order valence-corrected chi connectivity index (χ3v) is 7.04. The molecule has 2 aromatic carbocycles. The molecule has 0 unspecified atom stereocenters. The van der Waals surface area contributed by atoms with Gasteiger partial charge in [0.2, 0.25) is 0 Å². The molecule has 0 nitrogen and oxygen atoms in total. The predicted octanol–water partition coefficient (Wildman–Crippen LogP) is 2.51. The average Bonchev–Trinajstić information content (AvgIpc) is 3.47. The Bertz CT molecular complexity index is 1230. The fourth-order valence-corrected chi connectivity index (χ4v) is 5.10. The summed E-state index contributed by atoms with van der Waals surface area (Å²) in [5.74, 6) is 13.8. The molecule has 2 aromatic rings. The summed E-state index contributed by atoms with van der Waals surface area (Å²) in [5, 5.41) is 0. The van der Waals surface area contributed by atoms with E-state index in [1.165, 1.54) is 64.6 Å². The zero-order valence-electron chi connectivity index (χ0n) is 22.0. The second kappa shape index (κ2) is 15.0. The smallest absolute Gasteiger partial charge is 1.00 e. The molecule has 0 atom stereocenters. The van der Waals surface area contributed by atoms with Gasteiger partial charge in [-0.25, -0.2) is 0 Å². The van der Waals surface area contributed by atoms with Crippen molar-refractivity contribution < 1.29 is 51.0 Å². The van der Waals surface area contributed by atoms with Gasteiger partial charge in [-0.2, -0.15) is 0 Å². The van der Waals surface area contributed by atoms with Crippen LogP contribution in [0.2, 0.25) is 0 Å². The third kappa shape index (κ3) is 7.08. The van der Waals surface area contributed by atoms with Gasteiger partial charge in [0.05, 0.1) is 0 Å². The zero-order chi connectivity index (χ0) is 23.3. The molecule has 0 fully saturated rings. The Morgan fingerprint density at radius 3 is 2.17 bits per heavy atom. The van der Waals surface area contributed by atoms with E-state index in [-0.39, 0.29) is 56.4 Å². The molecule has 0 radical (unpaired) electrons. The summed E-state index contributed by atoms with van der Waals surface area (Å²) in [5.41, 5.74) is 10.8. The topological polar surface area (TPSA) is 0 Å². The van der Waals surface area contributed by atoms with Crippen LogP contribution in [0, 0.1) is 23.7 Å². The summed E-state index contributed by atoms with van der Waals surface area (Å²) in [6.45, 7) is 9.21. The Morgan fingerprint density at radius 2 is 1.53 bits per heavy atom. The Balaban J connectivity index is 0.00000216. The summed E-state index contributed by atoms with van der Waals surface area (Å²) in [6, 6.07) is 11.4. The van der Waals surface area contributed by atoms with E-state index in [1.54, 1.807) is 0 Å². The van der Waals surface area contributed by atoms with E-state index in [9.17, 15) is 0 Å². The van der Waals surface area contributed by atoms with Crippen LogP contribution >= 0.6 is 0 Å². The van der Waals surface area contributed by atoms with Gasteiger partial charge in [-0.3, -0.25) is 0 Å². The maximum absolute atomic E-state index is 3.57. The quantitative estimate of drug-likeness (QED) is 0.304. The maximum Gasteiger partial charge on any atom is 2.00 e. The van der Waals surface area contributed by atoms with Crippen LogP contribution in [0.4, 0.5) is 0 Å². The van der Waals surface area contributed by atoms with Gasteiger partial charge >= 0.3 is 26.2 Å². The standard InChI is InChI=1S/C33H36.2ClH.Zr/c1-5-7-9-11-15-25-19-21-29-27(23-25)24-31-30(29)22-20-26(16-12-10-8-6-2)32(31)33(3,4)28-17-13-14-18-28;;;/h13-14,17,19-23H,5-10,18,24H2,1-4H3;2*1H;/q;;;+2/p-2. The summed E-state index contributed by atoms with van der Waals surface area (Å²) >= 11 is 0. The second-order valence-electron chi connectivity index (χ2n) is 9.82. The van der Waals surface area contributed by atoms with Crippen molar-refractivity contribution in [3.05, 3.63) is 82.0 Å². The molecule has 0 spiro atoms. The van der Waals surface area contributed by atoms with Crippen molar-refractivity contribution in [3.8, 4) is 34.8 Å². The Labute approximate surface area is 250 Å². The Kier molecular flexibility index (Phi) is 13.6. The van der Waals surface area contributed by atoms with Crippen LogP contribution in [0.25, 0.3) is 11.1 Å². The summed E-state index contributed by atoms with van der Waals surface area (Å²) < 4.78 is 0. The first-order chi connectivity index (χ1) is 16.1. The van der Waals surface area contributed by atoms with Crippen LogP contribution in [-0.2, 0) is 38.0 Å². The average molecular weight is 595 g/mol. The van der Waals surface area contributed by atoms with Crippen LogP contribution in [0.1, 0.15) is 100 Å². The molecule has 3 heteroatoms. The van der Waals surface area contributed by atoms with Gasteiger partial charge in [-0.1, -0.05) is 100 Å². The third-order valence-electron chi connectivity index (χ3n) is 7.04. The minimum absolute atomic E-state index is 0. The SMILES string of the molecule is CCCCC#Cc1ccc2c(c1)Cc1c-2ccc(C#CCCCC)c1C(C)(C)C1=CC=CC1.[Cl-].[Cl-].[Zr+2]. The van der Waals surface area contributed by atoms with Crippen LogP contribution in [0.5, 0.6) is 0 Å². The Hall–Kier alpha value is -1.50. The van der Waals surface area contributed by atoms with Gasteiger partial charge in [0.15, 0.2) is 0 Å². The molecule has 0 bridgehead atoms. The van der Waals surface area contributed by atoms with Gasteiger partial charge in [0, 0.05) is 29.4 Å². The fraction of sp³-hybridized carbons (Fsp3) is 0.394. The largest absolute Gasteiger partial charge is 2.00 e. The van der Waals surface area contributed by atoms with Crippen molar-refractivity contribution in [1.29, 1.82) is 0 Å². The molecule has 2 aliphatic rings. The van der Waals surface area contributed by atoms with Crippen LogP contribution in [-0.4, -0.2) is 0 Å². The van der Waals surface area contributed by atoms with E-state index in [0.29, 0.717) is 0 Å². The number of unbranched alkanes of at least 4 members (excludes halogenated alkanes) is 4. The van der Waals surface area contributed by atoms with E-state index < -0.39 is 0 Å². The van der Waals surface area contributed by atoms with Crippen molar-refractivity contribution in [1.82, 2.24) is 0 Å². The number of halogens is 2. The molecule has 0 saturated carbocycles. The van der Waals surface area contributed by atoms with Crippen molar-refractivity contribution in [2.45, 2.75) is 84.5 Å². The molecule has 2 aliphatic carbocycles. The second-order valence-corrected chi connectivity index (χ2v) is 9.82. The van der Waals surface area contributed by atoms with Crippen molar-refractivity contribution >= 4 is 0 Å². The predicted molar refractivity (Wildman–Crippen MR) is 142 cm³/mol. The molecule has 0 N–H and O–H groups in total. The van der Waals surface area contributed by atoms with Crippen LogP contribution < -0.4 is 24.8 Å². The molecule has 0 aromatic heterocycles. The minimum atomic E-state index is -0.0472. The number of allylic oxidation sites excluding steroid dienone is 4. The molecule has 0 heterocycles. The first-order valence-electron chi connectivity index (χ1n) is 12.7. The molecule has 4 rings (SSSR count). The summed E-state index contributed by atoms with van der Waals surface area (Å²) in [6.07, 6.45) is 15.5. The normalized spacial score (nSPS) is 12.4. The number of hydrogen-bond donors (Lipinski definition) is 0. The number of hydrogen-bond acceptors (Lipinski definition) is 0. The number of rotatable bonds is 6. The van der Waals surface area contributed by atoms with Crippen molar-refractivity contribution in [2.75, 3.05) is 0 Å². The van der Waals surface area contributed by atoms with E-state index in [0.717, 1.165) is 31.2 Å². The molecule has 0 amide bonds. The van der Waals surface area contributed by atoms with E-state index in [4.69, 9.17) is 0 Å². The monoisotopic (exact) mass is 592 g/mol. The van der Waals surface area contributed by atoms with E-state index in [1.807, 2.05) is 0 Å². The van der Waals surface area contributed by atoms with Gasteiger partial charge in [-0.05, 0) is 71.7 Å². The molecular weight excluding hydrogens is 558 g/mol. The number of benzene rings is 2. The zero-order valence-corrected chi connectivity index (χ0v) is 26.0. The van der Waals surface area contributed by atoms with Crippen LogP contribution in [0.15, 0.2) is 54.1 Å². The summed E-state index contributed by atoms with van der Waals surface area (Å²) in [7, 11) is 0. The van der Waals surface area contributed by atoms with Gasteiger partial charge in [0.25, 0.3) is 0 Å². The summed E-state index contributed by atoms with van der Waals surface area (Å²) in [4.78, 5) is 0. The molecule has 36 heavy (non-hydrogen) atoms. The molecular formula is C33H36Cl2Zr. The van der Waals surface area contributed by atoms with Crippen molar-refractivity contribution in [3.63, 3.8) is 0 Å². The first-order valence-corrected chi connectivity index (χ1v) is 12.7. The first kappa shape index (κ1) is 32.5. The van der Waals surface area contributed by atoms with E-state index >= 15 is 0 Å². The van der Waals surface area contributed by atoms with Gasteiger partial charge in [0.1, 0.15) is 0 Å². The number of fused-ring (bicyclic) bond motifs is 3. The fourth-order valence-electron chi connectivity index (χ4n) is 5.10.